The highest BCUT2D eigenvalue weighted by Crippen LogP contribution is 2.26. The predicted molar refractivity (Wildman–Crippen MR) is 132 cm³/mol. The van der Waals surface area contributed by atoms with Crippen molar-refractivity contribution in [3.8, 4) is 23.3 Å². The molecular weight excluding hydrogens is 428 g/mol. The fourth-order valence-corrected chi connectivity index (χ4v) is 4.18. The maximum atomic E-state index is 13.7. The zero-order chi connectivity index (χ0) is 23.8. The van der Waals surface area contributed by atoms with Crippen LogP contribution in [0.25, 0.3) is 27.5 Å². The van der Waals surface area contributed by atoms with Crippen LogP contribution < -0.4 is 11.3 Å². The standard InChI is InChI=1S/C26H22N6O2/c1-3-4-10-19-23-24(27)28-15-29-25(23)31(30-19)14-18-13-17-9-7-8-16(2)22(17)26(34)32(18)20-11-5-6-12-21(20)33/h5-9,11-13,15,33H,3,14H2,1-2H3,(H2,27,28,29). The van der Waals surface area contributed by atoms with Gasteiger partial charge in [0, 0.05) is 12.1 Å². The topological polar surface area (TPSA) is 112 Å². The van der Waals surface area contributed by atoms with Crippen molar-refractivity contribution in [2.24, 2.45) is 0 Å². The zero-order valence-corrected chi connectivity index (χ0v) is 18.8. The van der Waals surface area contributed by atoms with Gasteiger partial charge in [-0.05, 0) is 42.0 Å². The number of nitrogens with two attached hydrogens (primary N) is 1. The second kappa shape index (κ2) is 8.37. The molecule has 0 fully saturated rings. The lowest BCUT2D eigenvalue weighted by molar-refractivity contribution is 0.471. The van der Waals surface area contributed by atoms with Gasteiger partial charge >= 0.3 is 0 Å². The van der Waals surface area contributed by atoms with Crippen LogP contribution in [0.4, 0.5) is 5.82 Å². The molecular formula is C26H22N6O2. The zero-order valence-electron chi connectivity index (χ0n) is 18.8. The highest BCUT2D eigenvalue weighted by molar-refractivity contribution is 5.90. The van der Waals surface area contributed by atoms with Crippen molar-refractivity contribution in [3.63, 3.8) is 0 Å². The van der Waals surface area contributed by atoms with Crippen molar-refractivity contribution < 1.29 is 5.11 Å². The van der Waals surface area contributed by atoms with Crippen LogP contribution >= 0.6 is 0 Å². The minimum absolute atomic E-state index is 0.00479. The van der Waals surface area contributed by atoms with E-state index >= 15 is 0 Å². The minimum atomic E-state index is -0.219. The number of phenols is 1. The predicted octanol–water partition coefficient (Wildman–Crippen LogP) is 3.54. The van der Waals surface area contributed by atoms with Crippen molar-refractivity contribution in [3.05, 3.63) is 82.2 Å². The molecule has 0 bridgehead atoms. The van der Waals surface area contributed by atoms with Gasteiger partial charge in [0.1, 0.15) is 23.6 Å². The molecule has 0 unspecified atom stereocenters. The van der Waals surface area contributed by atoms with Gasteiger partial charge in [-0.3, -0.25) is 9.36 Å². The van der Waals surface area contributed by atoms with E-state index in [1.54, 1.807) is 28.9 Å². The van der Waals surface area contributed by atoms with Crippen LogP contribution in [0.1, 0.15) is 30.3 Å². The Balaban J connectivity index is 1.80. The third-order valence-corrected chi connectivity index (χ3v) is 5.71. The lowest BCUT2D eigenvalue weighted by Gasteiger charge is -2.17. The molecule has 8 nitrogen and oxygen atoms in total. The van der Waals surface area contributed by atoms with Crippen molar-refractivity contribution in [1.29, 1.82) is 0 Å². The molecule has 0 saturated heterocycles. The molecule has 3 N–H and O–H groups in total. The number of anilines is 1. The monoisotopic (exact) mass is 450 g/mol. The number of hydrogen-bond donors (Lipinski definition) is 2. The average Bonchev–Trinajstić information content (AvgIpc) is 3.17. The van der Waals surface area contributed by atoms with Gasteiger partial charge in [0.15, 0.2) is 5.65 Å². The Morgan fingerprint density at radius 1 is 1.09 bits per heavy atom. The average molecular weight is 451 g/mol. The molecule has 0 saturated carbocycles. The van der Waals surface area contributed by atoms with Crippen LogP contribution in [0.3, 0.4) is 0 Å². The van der Waals surface area contributed by atoms with E-state index in [0.717, 1.165) is 10.9 Å². The van der Waals surface area contributed by atoms with Gasteiger partial charge in [0.2, 0.25) is 0 Å². The van der Waals surface area contributed by atoms with Gasteiger partial charge in [-0.15, -0.1) is 0 Å². The number of benzene rings is 2. The number of nitrogens with zero attached hydrogens (tertiary/aromatic N) is 5. The van der Waals surface area contributed by atoms with Crippen molar-refractivity contribution in [2.75, 3.05) is 5.73 Å². The number of aryl methyl sites for hydroxylation is 1. The largest absolute Gasteiger partial charge is 0.506 e. The first-order valence-corrected chi connectivity index (χ1v) is 10.9. The highest BCUT2D eigenvalue weighted by atomic mass is 16.3. The fourth-order valence-electron chi connectivity index (χ4n) is 4.18. The van der Waals surface area contributed by atoms with Gasteiger partial charge in [-0.25, -0.2) is 14.6 Å². The molecule has 0 aliphatic carbocycles. The van der Waals surface area contributed by atoms with Gasteiger partial charge < -0.3 is 10.8 Å². The molecule has 34 heavy (non-hydrogen) atoms. The number of hydrogen-bond acceptors (Lipinski definition) is 6. The number of phenolic OH excluding ortho intramolecular Hbond substituents is 1. The number of rotatable bonds is 3. The SMILES string of the molecule is CCC#Cc1nn(Cc2cc3cccc(C)c3c(=O)n2-c2ccccc2O)c2ncnc(N)c12. The van der Waals surface area contributed by atoms with E-state index in [9.17, 15) is 9.90 Å². The molecule has 168 valence electrons. The third kappa shape index (κ3) is 3.44. The highest BCUT2D eigenvalue weighted by Gasteiger charge is 2.19. The molecule has 0 atom stereocenters. The quantitative estimate of drug-likeness (QED) is 0.407. The Morgan fingerprint density at radius 2 is 1.91 bits per heavy atom. The molecule has 0 aliphatic rings. The Morgan fingerprint density at radius 3 is 2.71 bits per heavy atom. The molecule has 5 aromatic rings. The van der Waals surface area contributed by atoms with E-state index in [4.69, 9.17) is 5.73 Å². The molecule has 5 rings (SSSR count). The molecule has 2 aromatic carbocycles. The molecule has 0 spiro atoms. The van der Waals surface area contributed by atoms with Crippen LogP contribution in [-0.2, 0) is 6.54 Å². The summed E-state index contributed by atoms with van der Waals surface area (Å²) in [7, 11) is 0. The van der Waals surface area contributed by atoms with E-state index in [-0.39, 0.29) is 17.9 Å². The summed E-state index contributed by atoms with van der Waals surface area (Å²) >= 11 is 0. The lowest BCUT2D eigenvalue weighted by atomic mass is 10.1. The molecule has 0 amide bonds. The summed E-state index contributed by atoms with van der Waals surface area (Å²) in [6.45, 7) is 4.06. The second-order valence-electron chi connectivity index (χ2n) is 7.92. The summed E-state index contributed by atoms with van der Waals surface area (Å²) in [6, 6.07) is 14.4. The van der Waals surface area contributed by atoms with Crippen LogP contribution in [0.5, 0.6) is 5.75 Å². The Kier molecular flexibility index (Phi) is 5.22. The van der Waals surface area contributed by atoms with Crippen molar-refractivity contribution >= 4 is 27.6 Å². The molecule has 8 heteroatoms. The summed E-state index contributed by atoms with van der Waals surface area (Å²) in [5, 5.41) is 17.2. The summed E-state index contributed by atoms with van der Waals surface area (Å²) in [4.78, 5) is 22.2. The first-order chi connectivity index (χ1) is 16.5. The van der Waals surface area contributed by atoms with Crippen LogP contribution in [-0.4, -0.2) is 29.4 Å². The second-order valence-corrected chi connectivity index (χ2v) is 7.92. The molecule has 3 aromatic heterocycles. The van der Waals surface area contributed by atoms with E-state index < -0.39 is 0 Å². The maximum Gasteiger partial charge on any atom is 0.263 e. The van der Waals surface area contributed by atoms with Crippen molar-refractivity contribution in [2.45, 2.75) is 26.8 Å². The van der Waals surface area contributed by atoms with Crippen LogP contribution in [0.2, 0.25) is 0 Å². The minimum Gasteiger partial charge on any atom is -0.506 e. The normalized spacial score (nSPS) is 11.0. The first kappa shape index (κ1) is 21.2. The summed E-state index contributed by atoms with van der Waals surface area (Å²) in [5.74, 6) is 6.36. The number of nitrogen functional groups attached to an aromatic ring is 1. The van der Waals surface area contributed by atoms with Gasteiger partial charge in [0.25, 0.3) is 5.56 Å². The Hall–Kier alpha value is -4.64. The molecule has 3 heterocycles. The number of aromatic nitrogens is 5. The van der Waals surface area contributed by atoms with Crippen LogP contribution in [0.15, 0.2) is 59.7 Å². The number of pyridine rings is 1. The Bertz CT molecular complexity index is 1690. The van der Waals surface area contributed by atoms with E-state index in [1.807, 2.05) is 38.1 Å². The number of para-hydroxylation sites is 2. The molecule has 0 aliphatic heterocycles. The smallest absolute Gasteiger partial charge is 0.263 e. The van der Waals surface area contributed by atoms with Gasteiger partial charge in [0.05, 0.1) is 23.0 Å². The number of fused-ring (bicyclic) bond motifs is 2. The van der Waals surface area contributed by atoms with Gasteiger partial charge in [-0.2, -0.15) is 5.10 Å². The van der Waals surface area contributed by atoms with E-state index in [2.05, 4.69) is 26.9 Å². The third-order valence-electron chi connectivity index (χ3n) is 5.71. The number of aromatic hydroxyl groups is 1. The summed E-state index contributed by atoms with van der Waals surface area (Å²) < 4.78 is 3.19. The lowest BCUT2D eigenvalue weighted by Crippen LogP contribution is -2.24. The van der Waals surface area contributed by atoms with Gasteiger partial charge in [-0.1, -0.05) is 43.2 Å². The Labute approximate surface area is 195 Å². The maximum absolute atomic E-state index is 13.7. The van der Waals surface area contributed by atoms with E-state index in [1.165, 1.54) is 10.9 Å². The summed E-state index contributed by atoms with van der Waals surface area (Å²) in [6.07, 6.45) is 2.05. The van der Waals surface area contributed by atoms with E-state index in [0.29, 0.717) is 45.7 Å². The van der Waals surface area contributed by atoms with Crippen LogP contribution in [0, 0.1) is 18.8 Å². The first-order valence-electron chi connectivity index (χ1n) is 10.9. The summed E-state index contributed by atoms with van der Waals surface area (Å²) in [5.41, 5.74) is 8.80. The van der Waals surface area contributed by atoms with Crippen molar-refractivity contribution in [1.82, 2.24) is 24.3 Å². The molecule has 0 radical (unpaired) electrons. The fraction of sp³-hybridized carbons (Fsp3) is 0.154.